The molecule has 0 bridgehead atoms. The molecule has 2 aliphatic heterocycles. The summed E-state index contributed by atoms with van der Waals surface area (Å²) in [4.78, 5) is 5.08. The Balaban J connectivity index is 1.70. The van der Waals surface area contributed by atoms with Crippen molar-refractivity contribution < 1.29 is 0 Å². The van der Waals surface area contributed by atoms with Crippen molar-refractivity contribution in [2.24, 2.45) is 0 Å². The van der Waals surface area contributed by atoms with Gasteiger partial charge in [-0.05, 0) is 52.9 Å². The van der Waals surface area contributed by atoms with E-state index in [1.807, 2.05) is 0 Å². The molecule has 0 saturated carbocycles. The predicted molar refractivity (Wildman–Crippen MR) is 78.0 cm³/mol. The number of rotatable bonds is 4. The van der Waals surface area contributed by atoms with E-state index in [0.29, 0.717) is 0 Å². The number of likely N-dealkylation sites (tertiary alicyclic amines) is 1. The molecule has 1 N–H and O–H groups in total. The first-order valence-electron chi connectivity index (χ1n) is 7.88. The summed E-state index contributed by atoms with van der Waals surface area (Å²) in [6.45, 7) is 4.99. The lowest BCUT2D eigenvalue weighted by molar-refractivity contribution is 0.200. The van der Waals surface area contributed by atoms with E-state index in [1.54, 1.807) is 0 Å². The third-order valence-electron chi connectivity index (χ3n) is 4.64. The zero-order valence-corrected chi connectivity index (χ0v) is 12.3. The maximum Gasteiger partial charge on any atom is 0.0220 e. The van der Waals surface area contributed by atoms with Gasteiger partial charge >= 0.3 is 0 Å². The summed E-state index contributed by atoms with van der Waals surface area (Å²) in [5.74, 6) is 0. The molecule has 2 saturated heterocycles. The number of nitrogens with one attached hydrogen (secondary N) is 1. The second kappa shape index (κ2) is 7.46. The van der Waals surface area contributed by atoms with Gasteiger partial charge in [0.1, 0.15) is 0 Å². The molecule has 0 aliphatic carbocycles. The van der Waals surface area contributed by atoms with E-state index in [1.165, 1.54) is 71.1 Å². The van der Waals surface area contributed by atoms with Crippen LogP contribution in [-0.4, -0.2) is 62.2 Å². The van der Waals surface area contributed by atoms with Crippen LogP contribution in [0.4, 0.5) is 0 Å². The standard InChI is InChI=1S/C15H31N3/c1-17(13-15-9-7-11-18(15)2)12-14-8-5-3-4-6-10-16-14/h14-16H,3-13H2,1-2H3. The van der Waals surface area contributed by atoms with Gasteiger partial charge in [0.25, 0.3) is 0 Å². The molecule has 0 amide bonds. The highest BCUT2D eigenvalue weighted by Gasteiger charge is 2.23. The van der Waals surface area contributed by atoms with Crippen LogP contribution in [0.3, 0.4) is 0 Å². The molecule has 0 aromatic rings. The van der Waals surface area contributed by atoms with Crippen molar-refractivity contribution in [3.63, 3.8) is 0 Å². The Kier molecular flexibility index (Phi) is 5.93. The molecule has 2 aliphatic rings. The van der Waals surface area contributed by atoms with E-state index in [-0.39, 0.29) is 0 Å². The Labute approximate surface area is 113 Å². The van der Waals surface area contributed by atoms with Crippen molar-refractivity contribution in [1.29, 1.82) is 0 Å². The van der Waals surface area contributed by atoms with Gasteiger partial charge in [-0.2, -0.15) is 0 Å². The molecule has 2 heterocycles. The summed E-state index contributed by atoms with van der Waals surface area (Å²) in [5.41, 5.74) is 0. The molecule has 3 nitrogen and oxygen atoms in total. The largest absolute Gasteiger partial charge is 0.313 e. The molecule has 2 atom stereocenters. The van der Waals surface area contributed by atoms with Gasteiger partial charge in [0.15, 0.2) is 0 Å². The molecule has 0 aromatic heterocycles. The second-order valence-corrected chi connectivity index (χ2v) is 6.35. The van der Waals surface area contributed by atoms with Gasteiger partial charge in [-0.1, -0.05) is 19.3 Å². The van der Waals surface area contributed by atoms with Gasteiger partial charge < -0.3 is 15.1 Å². The molecule has 0 aromatic carbocycles. The zero-order valence-electron chi connectivity index (χ0n) is 12.3. The fourth-order valence-corrected chi connectivity index (χ4v) is 3.45. The van der Waals surface area contributed by atoms with Crippen LogP contribution < -0.4 is 5.32 Å². The van der Waals surface area contributed by atoms with Crippen LogP contribution in [0.5, 0.6) is 0 Å². The smallest absolute Gasteiger partial charge is 0.0220 e. The summed E-state index contributed by atoms with van der Waals surface area (Å²) in [7, 11) is 4.58. The zero-order chi connectivity index (χ0) is 12.8. The molecule has 0 radical (unpaired) electrons. The van der Waals surface area contributed by atoms with Crippen LogP contribution in [-0.2, 0) is 0 Å². The molecular formula is C15H31N3. The van der Waals surface area contributed by atoms with Gasteiger partial charge in [0.05, 0.1) is 0 Å². The Hall–Kier alpha value is -0.120. The van der Waals surface area contributed by atoms with Gasteiger partial charge in [-0.25, -0.2) is 0 Å². The molecule has 2 rings (SSSR count). The highest BCUT2D eigenvalue weighted by atomic mass is 15.2. The average Bonchev–Trinajstić information content (AvgIpc) is 2.68. The van der Waals surface area contributed by atoms with Crippen LogP contribution in [0.2, 0.25) is 0 Å². The third-order valence-corrected chi connectivity index (χ3v) is 4.64. The van der Waals surface area contributed by atoms with E-state index in [0.717, 1.165) is 12.1 Å². The van der Waals surface area contributed by atoms with Crippen LogP contribution in [0.1, 0.15) is 44.9 Å². The first kappa shape index (κ1) is 14.3. The Morgan fingerprint density at radius 1 is 1.06 bits per heavy atom. The van der Waals surface area contributed by atoms with Crippen molar-refractivity contribution in [3.8, 4) is 0 Å². The first-order valence-corrected chi connectivity index (χ1v) is 7.88. The maximum absolute atomic E-state index is 3.73. The molecule has 2 unspecified atom stereocenters. The van der Waals surface area contributed by atoms with Crippen molar-refractivity contribution >= 4 is 0 Å². The van der Waals surface area contributed by atoms with Crippen LogP contribution in [0.15, 0.2) is 0 Å². The van der Waals surface area contributed by atoms with Crippen LogP contribution in [0, 0.1) is 0 Å². The second-order valence-electron chi connectivity index (χ2n) is 6.35. The summed E-state index contributed by atoms with van der Waals surface area (Å²) >= 11 is 0. The number of likely N-dealkylation sites (N-methyl/N-ethyl adjacent to an activating group) is 2. The Morgan fingerprint density at radius 2 is 1.89 bits per heavy atom. The van der Waals surface area contributed by atoms with Crippen molar-refractivity contribution in [3.05, 3.63) is 0 Å². The minimum atomic E-state index is 0.724. The van der Waals surface area contributed by atoms with E-state index >= 15 is 0 Å². The average molecular weight is 253 g/mol. The van der Waals surface area contributed by atoms with Crippen LogP contribution >= 0.6 is 0 Å². The van der Waals surface area contributed by atoms with E-state index in [9.17, 15) is 0 Å². The normalized spacial score (nSPS) is 31.5. The van der Waals surface area contributed by atoms with Gasteiger partial charge in [0, 0.05) is 25.2 Å². The molecular weight excluding hydrogens is 222 g/mol. The molecule has 0 spiro atoms. The van der Waals surface area contributed by atoms with E-state index < -0.39 is 0 Å². The number of hydrogen-bond acceptors (Lipinski definition) is 3. The lowest BCUT2D eigenvalue weighted by atomic mass is 10.0. The molecule has 18 heavy (non-hydrogen) atoms. The monoisotopic (exact) mass is 253 g/mol. The first-order chi connectivity index (χ1) is 8.75. The Bertz CT molecular complexity index is 224. The molecule has 2 fully saturated rings. The highest BCUT2D eigenvalue weighted by molar-refractivity contribution is 4.81. The van der Waals surface area contributed by atoms with Gasteiger partial charge in [-0.3, -0.25) is 0 Å². The number of hydrogen-bond donors (Lipinski definition) is 1. The minimum Gasteiger partial charge on any atom is -0.313 e. The third kappa shape index (κ3) is 4.52. The summed E-state index contributed by atoms with van der Waals surface area (Å²) in [6.07, 6.45) is 9.77. The van der Waals surface area contributed by atoms with Gasteiger partial charge in [0.2, 0.25) is 0 Å². The van der Waals surface area contributed by atoms with Crippen molar-refractivity contribution in [1.82, 2.24) is 15.1 Å². The summed E-state index contributed by atoms with van der Waals surface area (Å²) in [5, 5.41) is 3.73. The fourth-order valence-electron chi connectivity index (χ4n) is 3.45. The predicted octanol–water partition coefficient (Wildman–Crippen LogP) is 1.93. The Morgan fingerprint density at radius 3 is 2.67 bits per heavy atom. The quantitative estimate of drug-likeness (QED) is 0.826. The van der Waals surface area contributed by atoms with E-state index in [2.05, 4.69) is 29.2 Å². The fraction of sp³-hybridized carbons (Fsp3) is 1.00. The lowest BCUT2D eigenvalue weighted by Gasteiger charge is -2.30. The summed E-state index contributed by atoms with van der Waals surface area (Å²) in [6, 6.07) is 1.52. The lowest BCUT2D eigenvalue weighted by Crippen LogP contribution is -2.44. The van der Waals surface area contributed by atoms with E-state index in [4.69, 9.17) is 0 Å². The number of nitrogens with zero attached hydrogens (tertiary/aromatic N) is 2. The maximum atomic E-state index is 3.73. The minimum absolute atomic E-state index is 0.724. The van der Waals surface area contributed by atoms with Crippen molar-refractivity contribution in [2.45, 2.75) is 57.0 Å². The topological polar surface area (TPSA) is 18.5 Å². The summed E-state index contributed by atoms with van der Waals surface area (Å²) < 4.78 is 0. The SMILES string of the molecule is CN(CC1CCCCCCN1)CC1CCCN1C. The molecule has 3 heteroatoms. The highest BCUT2D eigenvalue weighted by Crippen LogP contribution is 2.16. The van der Waals surface area contributed by atoms with Gasteiger partial charge in [-0.15, -0.1) is 0 Å². The van der Waals surface area contributed by atoms with Crippen LogP contribution in [0.25, 0.3) is 0 Å². The molecule has 106 valence electrons. The van der Waals surface area contributed by atoms with Crippen molar-refractivity contribution in [2.75, 3.05) is 40.3 Å².